The van der Waals surface area contributed by atoms with Gasteiger partial charge < -0.3 is 4.57 Å². The van der Waals surface area contributed by atoms with Crippen molar-refractivity contribution in [3.05, 3.63) is 82.7 Å². The van der Waals surface area contributed by atoms with E-state index in [0.29, 0.717) is 16.8 Å². The largest absolute Gasteiger partial charge is 0.343 e. The summed E-state index contributed by atoms with van der Waals surface area (Å²) in [4.78, 5) is 20.8. The number of nitrogens with zero attached hydrogens (tertiary/aromatic N) is 3. The normalized spacial score (nSPS) is 15.2. The molecular weight excluding hydrogens is 322 g/mol. The third kappa shape index (κ3) is 2.43. The number of hydrogen-bond donors (Lipinski definition) is 0. The molecule has 0 spiro atoms. The topological polar surface area (TPSA) is 47.8 Å². The van der Waals surface area contributed by atoms with Crippen molar-refractivity contribution in [1.82, 2.24) is 14.5 Å². The van der Waals surface area contributed by atoms with Crippen LogP contribution < -0.4 is 0 Å². The highest BCUT2D eigenvalue weighted by atomic mass is 35.5. The van der Waals surface area contributed by atoms with Crippen LogP contribution in [0.1, 0.15) is 40.0 Å². The van der Waals surface area contributed by atoms with Crippen LogP contribution in [0.4, 0.5) is 0 Å². The van der Waals surface area contributed by atoms with Gasteiger partial charge in [-0.1, -0.05) is 23.7 Å². The van der Waals surface area contributed by atoms with E-state index in [2.05, 4.69) is 20.6 Å². The summed E-state index contributed by atoms with van der Waals surface area (Å²) in [5, 5.41) is 0.735. The molecule has 0 aliphatic heterocycles. The van der Waals surface area contributed by atoms with Gasteiger partial charge >= 0.3 is 0 Å². The molecule has 4 rings (SSSR count). The fraction of sp³-hybridized carbons (Fsp3) is 0.211. The molecule has 1 fully saturated rings. The maximum Gasteiger partial charge on any atom is 0.197 e. The molecule has 1 aliphatic carbocycles. The average molecular weight is 338 g/mol. The highest BCUT2D eigenvalue weighted by Gasteiger charge is 2.46. The summed E-state index contributed by atoms with van der Waals surface area (Å²) >= 11 is 6.14. The molecule has 0 N–H and O–H groups in total. The van der Waals surface area contributed by atoms with Crippen LogP contribution in [0.15, 0.2) is 55.2 Å². The van der Waals surface area contributed by atoms with Crippen molar-refractivity contribution in [3.8, 4) is 0 Å². The Kier molecular flexibility index (Phi) is 3.50. The van der Waals surface area contributed by atoms with Crippen molar-refractivity contribution in [2.75, 3.05) is 0 Å². The Morgan fingerprint density at radius 1 is 1.29 bits per heavy atom. The average Bonchev–Trinajstić information content (AvgIpc) is 3.25. The first kappa shape index (κ1) is 15.1. The van der Waals surface area contributed by atoms with Gasteiger partial charge in [-0.25, -0.2) is 9.97 Å². The third-order valence-corrected chi connectivity index (χ3v) is 4.93. The number of carbonyl (C=O) groups is 1. The monoisotopic (exact) mass is 337 g/mol. The minimum absolute atomic E-state index is 0.0475. The van der Waals surface area contributed by atoms with Crippen molar-refractivity contribution in [2.45, 2.75) is 25.3 Å². The molecule has 2 aromatic heterocycles. The van der Waals surface area contributed by atoms with Crippen LogP contribution in [0.2, 0.25) is 5.02 Å². The zero-order valence-electron chi connectivity index (χ0n) is 13.2. The molecule has 0 amide bonds. The van der Waals surface area contributed by atoms with E-state index in [1.54, 1.807) is 6.20 Å². The van der Waals surface area contributed by atoms with E-state index in [9.17, 15) is 4.79 Å². The van der Waals surface area contributed by atoms with Gasteiger partial charge in [0.15, 0.2) is 5.78 Å². The number of rotatable bonds is 4. The second kappa shape index (κ2) is 5.56. The van der Waals surface area contributed by atoms with Gasteiger partial charge in [0, 0.05) is 29.2 Å². The minimum Gasteiger partial charge on any atom is -0.343 e. The second-order valence-electron chi connectivity index (χ2n) is 6.20. The molecule has 3 aromatic rings. The van der Waals surface area contributed by atoms with Crippen molar-refractivity contribution in [1.29, 1.82) is 0 Å². The number of ketones is 1. The summed E-state index contributed by atoms with van der Waals surface area (Å²) in [5.41, 5.74) is 3.00. The molecule has 0 unspecified atom stereocenters. The maximum atomic E-state index is 12.7. The van der Waals surface area contributed by atoms with Crippen LogP contribution in [0, 0.1) is 6.92 Å². The van der Waals surface area contributed by atoms with Crippen molar-refractivity contribution < 1.29 is 4.79 Å². The summed E-state index contributed by atoms with van der Waals surface area (Å²) in [7, 11) is 0. The van der Waals surface area contributed by atoms with Crippen LogP contribution in [0.3, 0.4) is 0 Å². The highest BCUT2D eigenvalue weighted by Crippen LogP contribution is 2.50. The predicted octanol–water partition coefficient (Wildman–Crippen LogP) is 4.01. The SMILES string of the molecule is Cc1ncncc1C(=O)c1ccn(C2(c3cccc(Cl)c3)CC2)c1. The fourth-order valence-corrected chi connectivity index (χ4v) is 3.35. The Balaban J connectivity index is 1.69. The Hall–Kier alpha value is -2.46. The minimum atomic E-state index is -0.0777. The molecule has 0 bridgehead atoms. The Bertz CT molecular complexity index is 928. The van der Waals surface area contributed by atoms with Crippen LogP contribution in [-0.2, 0) is 5.54 Å². The van der Waals surface area contributed by atoms with E-state index in [4.69, 9.17) is 11.6 Å². The van der Waals surface area contributed by atoms with E-state index >= 15 is 0 Å². The number of benzene rings is 1. The van der Waals surface area contributed by atoms with E-state index in [0.717, 1.165) is 17.9 Å². The second-order valence-corrected chi connectivity index (χ2v) is 6.64. The van der Waals surface area contributed by atoms with Crippen molar-refractivity contribution in [3.63, 3.8) is 0 Å². The molecule has 4 nitrogen and oxygen atoms in total. The number of hydrogen-bond acceptors (Lipinski definition) is 3. The molecule has 1 saturated carbocycles. The van der Waals surface area contributed by atoms with Crippen LogP contribution in [0.25, 0.3) is 0 Å². The smallest absolute Gasteiger partial charge is 0.197 e. The number of aromatic nitrogens is 3. The van der Waals surface area contributed by atoms with Crippen LogP contribution >= 0.6 is 11.6 Å². The van der Waals surface area contributed by atoms with Crippen LogP contribution in [0.5, 0.6) is 0 Å². The van der Waals surface area contributed by atoms with Gasteiger partial charge in [0.2, 0.25) is 0 Å². The molecule has 2 heterocycles. The van der Waals surface area contributed by atoms with E-state index in [1.165, 1.54) is 11.9 Å². The molecule has 0 saturated heterocycles. The lowest BCUT2D eigenvalue weighted by Crippen LogP contribution is -2.17. The first-order valence-electron chi connectivity index (χ1n) is 7.86. The fourth-order valence-electron chi connectivity index (χ4n) is 3.16. The maximum absolute atomic E-state index is 12.7. The summed E-state index contributed by atoms with van der Waals surface area (Å²) in [6, 6.07) is 9.81. The van der Waals surface area contributed by atoms with Gasteiger partial charge in [0.1, 0.15) is 6.33 Å². The highest BCUT2D eigenvalue weighted by molar-refractivity contribution is 6.30. The van der Waals surface area contributed by atoms with Gasteiger partial charge in [0.05, 0.1) is 16.8 Å². The van der Waals surface area contributed by atoms with Gasteiger partial charge in [0.25, 0.3) is 0 Å². The lowest BCUT2D eigenvalue weighted by molar-refractivity contribution is 0.103. The third-order valence-electron chi connectivity index (χ3n) is 4.69. The quantitative estimate of drug-likeness (QED) is 0.676. The first-order chi connectivity index (χ1) is 11.6. The molecular formula is C19H16ClN3O. The summed E-state index contributed by atoms with van der Waals surface area (Å²) in [6.07, 6.45) is 9.01. The zero-order chi connectivity index (χ0) is 16.7. The number of halogens is 1. The van der Waals surface area contributed by atoms with Gasteiger partial charge in [-0.2, -0.15) is 0 Å². The molecule has 1 aliphatic rings. The van der Waals surface area contributed by atoms with E-state index in [-0.39, 0.29) is 11.3 Å². The van der Waals surface area contributed by atoms with Crippen LogP contribution in [-0.4, -0.2) is 20.3 Å². The molecule has 120 valence electrons. The molecule has 0 atom stereocenters. The van der Waals surface area contributed by atoms with Gasteiger partial charge in [-0.15, -0.1) is 0 Å². The summed E-state index contributed by atoms with van der Waals surface area (Å²) in [6.45, 7) is 1.82. The van der Waals surface area contributed by atoms with Gasteiger partial charge in [-0.3, -0.25) is 4.79 Å². The van der Waals surface area contributed by atoms with E-state index in [1.807, 2.05) is 43.6 Å². The molecule has 0 radical (unpaired) electrons. The molecule has 1 aromatic carbocycles. The lowest BCUT2D eigenvalue weighted by atomic mass is 10.0. The van der Waals surface area contributed by atoms with Gasteiger partial charge in [-0.05, 0) is 43.5 Å². The van der Waals surface area contributed by atoms with E-state index < -0.39 is 0 Å². The van der Waals surface area contributed by atoms with Crippen molar-refractivity contribution >= 4 is 17.4 Å². The number of aryl methyl sites for hydroxylation is 1. The Morgan fingerprint density at radius 2 is 2.12 bits per heavy atom. The lowest BCUT2D eigenvalue weighted by Gasteiger charge is -2.18. The Morgan fingerprint density at radius 3 is 2.83 bits per heavy atom. The standard InChI is InChI=1S/C19H16ClN3O/c1-13-17(10-21-12-22-13)18(24)14-5-8-23(11-14)19(6-7-19)15-3-2-4-16(20)9-15/h2-5,8-12H,6-7H2,1H3. The first-order valence-corrected chi connectivity index (χ1v) is 8.24. The summed E-state index contributed by atoms with van der Waals surface area (Å²) in [5.74, 6) is -0.0475. The zero-order valence-corrected chi connectivity index (χ0v) is 14.0. The number of carbonyl (C=O) groups excluding carboxylic acids is 1. The molecule has 24 heavy (non-hydrogen) atoms. The molecule has 5 heteroatoms. The summed E-state index contributed by atoms with van der Waals surface area (Å²) < 4.78 is 2.13. The van der Waals surface area contributed by atoms with Crippen molar-refractivity contribution in [2.24, 2.45) is 0 Å². The predicted molar refractivity (Wildman–Crippen MR) is 92.4 cm³/mol. The Labute approximate surface area is 145 Å².